The normalized spacial score (nSPS) is 24.3. The third-order valence-corrected chi connectivity index (χ3v) is 4.75. The lowest BCUT2D eigenvalue weighted by molar-refractivity contribution is -0.144. The van der Waals surface area contributed by atoms with Crippen LogP contribution in [0.2, 0.25) is 0 Å². The van der Waals surface area contributed by atoms with Crippen LogP contribution in [0.1, 0.15) is 44.2 Å². The molecular formula is C16H22BrNO2. The van der Waals surface area contributed by atoms with Crippen molar-refractivity contribution in [2.75, 3.05) is 6.54 Å². The maximum Gasteiger partial charge on any atom is 0.306 e. The quantitative estimate of drug-likeness (QED) is 0.852. The summed E-state index contributed by atoms with van der Waals surface area (Å²) in [7, 11) is 0. The van der Waals surface area contributed by atoms with Crippen LogP contribution in [0.15, 0.2) is 28.7 Å². The first kappa shape index (κ1) is 15.5. The predicted octanol–water partition coefficient (Wildman–Crippen LogP) is 3.99. The molecule has 3 nitrogen and oxygen atoms in total. The summed E-state index contributed by atoms with van der Waals surface area (Å²) < 4.78 is 1.07. The molecule has 2 N–H and O–H groups in total. The lowest BCUT2D eigenvalue weighted by Gasteiger charge is -2.30. The Balaban J connectivity index is 1.91. The van der Waals surface area contributed by atoms with Crippen LogP contribution in [-0.2, 0) is 4.79 Å². The van der Waals surface area contributed by atoms with Gasteiger partial charge in [-0.2, -0.15) is 0 Å². The lowest BCUT2D eigenvalue weighted by atomic mass is 9.79. The van der Waals surface area contributed by atoms with Crippen molar-refractivity contribution in [3.63, 3.8) is 0 Å². The molecule has 1 aromatic rings. The predicted molar refractivity (Wildman–Crippen MR) is 83.6 cm³/mol. The molecule has 1 aliphatic rings. The number of hydrogen-bond acceptors (Lipinski definition) is 2. The van der Waals surface area contributed by atoms with Gasteiger partial charge in [-0.1, -0.05) is 40.9 Å². The number of hydrogen-bond donors (Lipinski definition) is 2. The Labute approximate surface area is 128 Å². The second-order valence-corrected chi connectivity index (χ2v) is 6.59. The number of carboxylic acids is 1. The molecule has 20 heavy (non-hydrogen) atoms. The minimum atomic E-state index is -0.633. The highest BCUT2D eigenvalue weighted by Gasteiger charge is 2.30. The van der Waals surface area contributed by atoms with Crippen LogP contribution in [-0.4, -0.2) is 17.6 Å². The molecule has 0 bridgehead atoms. The van der Waals surface area contributed by atoms with Gasteiger partial charge in [0.2, 0.25) is 0 Å². The Morgan fingerprint density at radius 2 is 2.20 bits per heavy atom. The maximum atomic E-state index is 11.3. The monoisotopic (exact) mass is 339 g/mol. The van der Waals surface area contributed by atoms with E-state index in [1.807, 2.05) is 12.1 Å². The summed E-state index contributed by atoms with van der Waals surface area (Å²) >= 11 is 3.48. The molecule has 1 saturated carbocycles. The Hall–Kier alpha value is -0.870. The molecule has 3 atom stereocenters. The van der Waals surface area contributed by atoms with Gasteiger partial charge in [-0.3, -0.25) is 4.79 Å². The van der Waals surface area contributed by atoms with Crippen LogP contribution < -0.4 is 5.32 Å². The smallest absolute Gasteiger partial charge is 0.306 e. The number of halogens is 1. The molecule has 0 aromatic heterocycles. The zero-order chi connectivity index (χ0) is 14.5. The van der Waals surface area contributed by atoms with Crippen LogP contribution in [0.25, 0.3) is 0 Å². The van der Waals surface area contributed by atoms with Gasteiger partial charge in [0.25, 0.3) is 0 Å². The third kappa shape index (κ3) is 4.06. The van der Waals surface area contributed by atoms with Crippen LogP contribution in [0, 0.1) is 11.8 Å². The molecule has 0 saturated heterocycles. The fourth-order valence-corrected chi connectivity index (χ4v) is 3.42. The molecule has 4 heteroatoms. The fourth-order valence-electron chi connectivity index (χ4n) is 3.00. The van der Waals surface area contributed by atoms with Gasteiger partial charge >= 0.3 is 5.97 Å². The zero-order valence-corrected chi connectivity index (χ0v) is 13.4. The summed E-state index contributed by atoms with van der Waals surface area (Å²) in [5, 5.41) is 12.8. The van der Waals surface area contributed by atoms with E-state index in [0.29, 0.717) is 0 Å². The largest absolute Gasteiger partial charge is 0.481 e. The van der Waals surface area contributed by atoms with Crippen molar-refractivity contribution in [2.24, 2.45) is 11.8 Å². The standard InChI is InChI=1S/C16H22BrNO2/c1-11(12-6-4-7-14(17)9-12)18-10-13-5-2-3-8-15(13)16(19)20/h4,6-7,9,11,13,15,18H,2-3,5,8,10H2,1H3,(H,19,20). The molecule has 1 aromatic carbocycles. The van der Waals surface area contributed by atoms with E-state index in [2.05, 4.69) is 40.3 Å². The first-order valence-electron chi connectivity index (χ1n) is 7.29. The molecule has 1 fully saturated rings. The van der Waals surface area contributed by atoms with Gasteiger partial charge in [-0.05, 0) is 49.9 Å². The summed E-state index contributed by atoms with van der Waals surface area (Å²) in [6, 6.07) is 8.48. The van der Waals surface area contributed by atoms with Crippen LogP contribution in [0.3, 0.4) is 0 Å². The van der Waals surface area contributed by atoms with Crippen LogP contribution in [0.4, 0.5) is 0 Å². The Bertz CT molecular complexity index is 464. The molecule has 0 heterocycles. The number of carbonyl (C=O) groups is 1. The molecule has 0 amide bonds. The Morgan fingerprint density at radius 1 is 1.45 bits per heavy atom. The highest BCUT2D eigenvalue weighted by Crippen LogP contribution is 2.30. The Morgan fingerprint density at radius 3 is 2.90 bits per heavy atom. The molecular weight excluding hydrogens is 318 g/mol. The van der Waals surface area contributed by atoms with Crippen molar-refractivity contribution in [3.05, 3.63) is 34.3 Å². The van der Waals surface area contributed by atoms with Crippen LogP contribution >= 0.6 is 15.9 Å². The first-order chi connectivity index (χ1) is 9.58. The number of aliphatic carboxylic acids is 1. The van der Waals surface area contributed by atoms with Gasteiger partial charge < -0.3 is 10.4 Å². The highest BCUT2D eigenvalue weighted by atomic mass is 79.9. The first-order valence-corrected chi connectivity index (χ1v) is 8.09. The molecule has 1 aliphatic carbocycles. The SMILES string of the molecule is CC(NCC1CCCCC1C(=O)O)c1cccc(Br)c1. The van der Waals surface area contributed by atoms with Gasteiger partial charge in [-0.25, -0.2) is 0 Å². The van der Waals surface area contributed by atoms with Crippen molar-refractivity contribution in [1.29, 1.82) is 0 Å². The van der Waals surface area contributed by atoms with Gasteiger partial charge in [0.15, 0.2) is 0 Å². The highest BCUT2D eigenvalue weighted by molar-refractivity contribution is 9.10. The third-order valence-electron chi connectivity index (χ3n) is 4.26. The van der Waals surface area contributed by atoms with Crippen molar-refractivity contribution in [2.45, 2.75) is 38.6 Å². The van der Waals surface area contributed by atoms with E-state index in [1.54, 1.807) is 0 Å². The molecule has 110 valence electrons. The topological polar surface area (TPSA) is 49.3 Å². The molecule has 2 rings (SSSR count). The Kier molecular flexibility index (Phi) is 5.61. The van der Waals surface area contributed by atoms with E-state index < -0.39 is 5.97 Å². The van der Waals surface area contributed by atoms with E-state index in [-0.39, 0.29) is 17.9 Å². The number of rotatable bonds is 5. The zero-order valence-electron chi connectivity index (χ0n) is 11.8. The number of nitrogens with one attached hydrogen (secondary N) is 1. The summed E-state index contributed by atoms with van der Waals surface area (Å²) in [5.74, 6) is -0.548. The van der Waals surface area contributed by atoms with E-state index in [4.69, 9.17) is 0 Å². The van der Waals surface area contributed by atoms with Crippen molar-refractivity contribution < 1.29 is 9.90 Å². The molecule has 0 aliphatic heterocycles. The van der Waals surface area contributed by atoms with E-state index >= 15 is 0 Å². The van der Waals surface area contributed by atoms with Gasteiger partial charge in [0, 0.05) is 10.5 Å². The van der Waals surface area contributed by atoms with Crippen molar-refractivity contribution >= 4 is 21.9 Å². The summed E-state index contributed by atoms with van der Waals surface area (Å²) in [6.45, 7) is 2.91. The van der Waals surface area contributed by atoms with Gasteiger partial charge in [0.05, 0.1) is 5.92 Å². The minimum absolute atomic E-state index is 0.175. The van der Waals surface area contributed by atoms with E-state index in [9.17, 15) is 9.90 Å². The van der Waals surface area contributed by atoms with Gasteiger partial charge in [-0.15, -0.1) is 0 Å². The number of benzene rings is 1. The minimum Gasteiger partial charge on any atom is -0.481 e. The lowest BCUT2D eigenvalue weighted by Crippen LogP contribution is -2.35. The van der Waals surface area contributed by atoms with Gasteiger partial charge in [0.1, 0.15) is 0 Å². The summed E-state index contributed by atoms with van der Waals surface area (Å²) in [4.78, 5) is 11.3. The number of carboxylic acid groups (broad SMARTS) is 1. The molecule has 0 spiro atoms. The second kappa shape index (κ2) is 7.23. The van der Waals surface area contributed by atoms with Crippen molar-refractivity contribution in [1.82, 2.24) is 5.32 Å². The second-order valence-electron chi connectivity index (χ2n) is 5.67. The fraction of sp³-hybridized carbons (Fsp3) is 0.562. The van der Waals surface area contributed by atoms with E-state index in [1.165, 1.54) is 5.56 Å². The summed E-state index contributed by atoms with van der Waals surface area (Å²) in [6.07, 6.45) is 4.05. The summed E-state index contributed by atoms with van der Waals surface area (Å²) in [5.41, 5.74) is 1.22. The van der Waals surface area contributed by atoms with E-state index in [0.717, 1.165) is 36.7 Å². The molecule has 0 radical (unpaired) electrons. The molecule has 3 unspecified atom stereocenters. The van der Waals surface area contributed by atoms with Crippen LogP contribution in [0.5, 0.6) is 0 Å². The average Bonchev–Trinajstić information content (AvgIpc) is 2.45. The average molecular weight is 340 g/mol. The van der Waals surface area contributed by atoms with Crippen molar-refractivity contribution in [3.8, 4) is 0 Å². The maximum absolute atomic E-state index is 11.3.